The van der Waals surface area contributed by atoms with Crippen LogP contribution < -0.4 is 10.6 Å². The van der Waals surface area contributed by atoms with Crippen LogP contribution in [0, 0.1) is 5.82 Å². The van der Waals surface area contributed by atoms with E-state index in [4.69, 9.17) is 0 Å². The zero-order valence-corrected chi connectivity index (χ0v) is 10.4. The Morgan fingerprint density at radius 2 is 2.42 bits per heavy atom. The second kappa shape index (κ2) is 4.97. The fourth-order valence-electron chi connectivity index (χ4n) is 2.43. The van der Waals surface area contributed by atoms with Crippen molar-refractivity contribution >= 4 is 16.9 Å². The average molecular weight is 262 g/mol. The highest BCUT2D eigenvalue weighted by Gasteiger charge is 2.17. The number of aromatic amines is 1. The molecule has 2 heterocycles. The Morgan fingerprint density at radius 1 is 1.53 bits per heavy atom. The summed E-state index contributed by atoms with van der Waals surface area (Å²) in [7, 11) is 0. The maximum absolute atomic E-state index is 13.4. The molecule has 0 bridgehead atoms. The first kappa shape index (κ1) is 12.1. The maximum atomic E-state index is 13.4. The number of nitrogens with one attached hydrogen (secondary N) is 3. The van der Waals surface area contributed by atoms with E-state index in [1.807, 2.05) is 0 Å². The van der Waals surface area contributed by atoms with Crippen molar-refractivity contribution in [2.45, 2.75) is 18.9 Å². The third-order valence-corrected chi connectivity index (χ3v) is 3.40. The van der Waals surface area contributed by atoms with E-state index < -0.39 is 5.82 Å². The Balaban J connectivity index is 1.78. The first-order chi connectivity index (χ1) is 9.24. The number of imidazole rings is 1. The summed E-state index contributed by atoms with van der Waals surface area (Å²) in [6.45, 7) is 1.55. The highest BCUT2D eigenvalue weighted by molar-refractivity contribution is 6.04. The molecule has 1 aromatic heterocycles. The monoisotopic (exact) mass is 262 g/mol. The summed E-state index contributed by atoms with van der Waals surface area (Å²) in [6, 6.07) is 2.87. The van der Waals surface area contributed by atoms with E-state index in [2.05, 4.69) is 20.6 Å². The summed E-state index contributed by atoms with van der Waals surface area (Å²) >= 11 is 0. The van der Waals surface area contributed by atoms with Crippen LogP contribution in [-0.2, 0) is 0 Å². The van der Waals surface area contributed by atoms with Crippen molar-refractivity contribution < 1.29 is 9.18 Å². The molecule has 1 aliphatic rings. The lowest BCUT2D eigenvalue weighted by atomic mass is 10.1. The zero-order chi connectivity index (χ0) is 13.2. The Bertz CT molecular complexity index is 604. The standard InChI is InChI=1S/C13H15FN4O/c14-8-4-10(12-11(5-8)17-7-18-12)13(19)16-6-9-2-1-3-15-9/h4-5,7,9,15H,1-3,6H2,(H,16,19)(H,17,18). The van der Waals surface area contributed by atoms with Crippen molar-refractivity contribution in [2.75, 3.05) is 13.1 Å². The van der Waals surface area contributed by atoms with Gasteiger partial charge in [0.1, 0.15) is 11.3 Å². The van der Waals surface area contributed by atoms with Gasteiger partial charge in [-0.3, -0.25) is 4.79 Å². The van der Waals surface area contributed by atoms with Gasteiger partial charge in [-0.1, -0.05) is 0 Å². The Morgan fingerprint density at radius 3 is 3.21 bits per heavy atom. The molecule has 19 heavy (non-hydrogen) atoms. The highest BCUT2D eigenvalue weighted by Crippen LogP contribution is 2.17. The Kier molecular flexibility index (Phi) is 3.16. The van der Waals surface area contributed by atoms with Crippen LogP contribution in [-0.4, -0.2) is 35.0 Å². The smallest absolute Gasteiger partial charge is 0.253 e. The van der Waals surface area contributed by atoms with Gasteiger partial charge < -0.3 is 15.6 Å². The largest absolute Gasteiger partial charge is 0.350 e. The summed E-state index contributed by atoms with van der Waals surface area (Å²) in [6.07, 6.45) is 3.64. The molecular formula is C13H15FN4O. The number of carbonyl (C=O) groups is 1. The van der Waals surface area contributed by atoms with Gasteiger partial charge in [0.25, 0.3) is 5.91 Å². The topological polar surface area (TPSA) is 69.8 Å². The number of nitrogens with zero attached hydrogens (tertiary/aromatic N) is 1. The number of fused-ring (bicyclic) bond motifs is 1. The number of rotatable bonds is 3. The summed E-state index contributed by atoms with van der Waals surface area (Å²) in [4.78, 5) is 19.0. The molecule has 0 aliphatic carbocycles. The molecule has 1 fully saturated rings. The van der Waals surface area contributed by atoms with E-state index in [0.29, 0.717) is 23.6 Å². The van der Waals surface area contributed by atoms with Gasteiger partial charge in [-0.2, -0.15) is 0 Å². The summed E-state index contributed by atoms with van der Waals surface area (Å²) in [5.41, 5.74) is 1.30. The van der Waals surface area contributed by atoms with Crippen LogP contribution in [0.1, 0.15) is 23.2 Å². The fraction of sp³-hybridized carbons (Fsp3) is 0.385. The van der Waals surface area contributed by atoms with Crippen LogP contribution in [0.4, 0.5) is 4.39 Å². The highest BCUT2D eigenvalue weighted by atomic mass is 19.1. The molecule has 2 aromatic rings. The number of hydrogen-bond acceptors (Lipinski definition) is 3. The van der Waals surface area contributed by atoms with Crippen molar-refractivity contribution in [3.05, 3.63) is 29.8 Å². The predicted molar refractivity (Wildman–Crippen MR) is 69.4 cm³/mol. The maximum Gasteiger partial charge on any atom is 0.253 e. The molecule has 0 spiro atoms. The van der Waals surface area contributed by atoms with Crippen molar-refractivity contribution in [2.24, 2.45) is 0 Å². The van der Waals surface area contributed by atoms with Gasteiger partial charge in [-0.15, -0.1) is 0 Å². The summed E-state index contributed by atoms with van der Waals surface area (Å²) in [5, 5.41) is 6.12. The van der Waals surface area contributed by atoms with E-state index in [0.717, 1.165) is 19.4 Å². The first-order valence-corrected chi connectivity index (χ1v) is 6.38. The first-order valence-electron chi connectivity index (χ1n) is 6.38. The van der Waals surface area contributed by atoms with E-state index in [1.165, 1.54) is 18.5 Å². The zero-order valence-electron chi connectivity index (χ0n) is 10.4. The molecule has 1 amide bonds. The number of aromatic nitrogens is 2. The van der Waals surface area contributed by atoms with Crippen molar-refractivity contribution in [1.82, 2.24) is 20.6 Å². The minimum atomic E-state index is -0.444. The molecule has 3 N–H and O–H groups in total. The number of hydrogen-bond donors (Lipinski definition) is 3. The number of amides is 1. The molecule has 5 nitrogen and oxygen atoms in total. The van der Waals surface area contributed by atoms with E-state index in [1.54, 1.807) is 0 Å². The van der Waals surface area contributed by atoms with Crippen molar-refractivity contribution in [3.8, 4) is 0 Å². The molecule has 1 saturated heterocycles. The van der Waals surface area contributed by atoms with Gasteiger partial charge in [-0.05, 0) is 31.5 Å². The van der Waals surface area contributed by atoms with Gasteiger partial charge in [0.05, 0.1) is 17.4 Å². The third kappa shape index (κ3) is 2.44. The van der Waals surface area contributed by atoms with Gasteiger partial charge in [-0.25, -0.2) is 9.37 Å². The number of H-pyrrole nitrogens is 1. The van der Waals surface area contributed by atoms with E-state index >= 15 is 0 Å². The molecule has 3 rings (SSSR count). The molecule has 1 unspecified atom stereocenters. The quantitative estimate of drug-likeness (QED) is 0.778. The molecule has 0 saturated carbocycles. The van der Waals surface area contributed by atoms with Gasteiger partial charge in [0.2, 0.25) is 0 Å². The van der Waals surface area contributed by atoms with Crippen LogP contribution in [0.25, 0.3) is 11.0 Å². The number of carbonyl (C=O) groups excluding carboxylic acids is 1. The molecule has 0 radical (unpaired) electrons. The SMILES string of the molecule is O=C(NCC1CCCN1)c1cc(F)cc2[nH]cnc12. The fourth-order valence-corrected chi connectivity index (χ4v) is 2.43. The van der Waals surface area contributed by atoms with Crippen molar-refractivity contribution in [1.29, 1.82) is 0 Å². The lowest BCUT2D eigenvalue weighted by Crippen LogP contribution is -2.37. The second-order valence-corrected chi connectivity index (χ2v) is 4.76. The van der Waals surface area contributed by atoms with E-state index in [-0.39, 0.29) is 11.5 Å². The Hall–Kier alpha value is -1.95. The molecule has 1 aliphatic heterocycles. The number of halogens is 1. The number of benzene rings is 1. The normalized spacial score (nSPS) is 18.9. The second-order valence-electron chi connectivity index (χ2n) is 4.76. The minimum Gasteiger partial charge on any atom is -0.350 e. The minimum absolute atomic E-state index is 0.272. The lowest BCUT2D eigenvalue weighted by Gasteiger charge is -2.11. The Labute approximate surface area is 109 Å². The van der Waals surface area contributed by atoms with Crippen LogP contribution in [0.15, 0.2) is 18.5 Å². The molecule has 6 heteroatoms. The summed E-state index contributed by atoms with van der Waals surface area (Å²) < 4.78 is 13.4. The molecule has 1 aromatic carbocycles. The molecule has 1 atom stereocenters. The molecule has 100 valence electrons. The van der Waals surface area contributed by atoms with Crippen LogP contribution >= 0.6 is 0 Å². The van der Waals surface area contributed by atoms with Gasteiger partial charge >= 0.3 is 0 Å². The summed E-state index contributed by atoms with van der Waals surface area (Å²) in [5.74, 6) is -0.730. The van der Waals surface area contributed by atoms with Crippen LogP contribution in [0.2, 0.25) is 0 Å². The molecular weight excluding hydrogens is 247 g/mol. The van der Waals surface area contributed by atoms with Crippen LogP contribution in [0.5, 0.6) is 0 Å². The lowest BCUT2D eigenvalue weighted by molar-refractivity contribution is 0.0951. The van der Waals surface area contributed by atoms with Crippen LogP contribution in [0.3, 0.4) is 0 Å². The van der Waals surface area contributed by atoms with Crippen molar-refractivity contribution in [3.63, 3.8) is 0 Å². The third-order valence-electron chi connectivity index (χ3n) is 3.40. The average Bonchev–Trinajstić information content (AvgIpc) is 3.05. The van der Waals surface area contributed by atoms with Gasteiger partial charge in [0, 0.05) is 12.6 Å². The van der Waals surface area contributed by atoms with Gasteiger partial charge in [0.15, 0.2) is 0 Å². The van der Waals surface area contributed by atoms with E-state index in [9.17, 15) is 9.18 Å². The predicted octanol–water partition coefficient (Wildman–Crippen LogP) is 1.18.